The number of hydrogen-bond acceptors (Lipinski definition) is 5. The first-order chi connectivity index (χ1) is 9.47. The van der Waals surface area contributed by atoms with Gasteiger partial charge in [0.2, 0.25) is 0 Å². The fourth-order valence-electron chi connectivity index (χ4n) is 1.59. The van der Waals surface area contributed by atoms with Gasteiger partial charge in [-0.2, -0.15) is 5.11 Å². The Morgan fingerprint density at radius 2 is 1.80 bits per heavy atom. The maximum Gasteiger partial charge on any atom is 0.271 e. The topological polar surface area (TPSA) is 93.9 Å². The molecule has 0 radical (unpaired) electrons. The first-order valence-corrected chi connectivity index (χ1v) is 6.07. The second kappa shape index (κ2) is 5.66. The predicted molar refractivity (Wildman–Crippen MR) is 77.9 cm³/mol. The number of azo groups is 1. The van der Waals surface area contributed by atoms with Crippen LogP contribution in [0.4, 0.5) is 22.7 Å². The van der Waals surface area contributed by atoms with Crippen molar-refractivity contribution in [3.05, 3.63) is 57.1 Å². The zero-order valence-corrected chi connectivity index (χ0v) is 11.3. The van der Waals surface area contributed by atoms with Gasteiger partial charge in [-0.25, -0.2) is 0 Å². The van der Waals surface area contributed by atoms with E-state index >= 15 is 0 Å². The number of nitro groups is 1. The number of non-ortho nitro benzene ring substituents is 1. The first-order valence-electron chi connectivity index (χ1n) is 5.69. The minimum absolute atomic E-state index is 0.0855. The zero-order valence-electron chi connectivity index (χ0n) is 10.6. The van der Waals surface area contributed by atoms with Gasteiger partial charge in [0.1, 0.15) is 5.69 Å². The Morgan fingerprint density at radius 1 is 1.15 bits per heavy atom. The van der Waals surface area contributed by atoms with Crippen LogP contribution in [0.5, 0.6) is 0 Å². The Kier molecular flexibility index (Phi) is 3.95. The van der Waals surface area contributed by atoms with E-state index in [-0.39, 0.29) is 10.7 Å². The van der Waals surface area contributed by atoms with Gasteiger partial charge in [-0.15, -0.1) is 5.11 Å². The highest BCUT2D eigenvalue weighted by molar-refractivity contribution is 6.33. The van der Waals surface area contributed by atoms with Crippen molar-refractivity contribution in [1.29, 1.82) is 0 Å². The second-order valence-electron chi connectivity index (χ2n) is 4.14. The lowest BCUT2D eigenvalue weighted by molar-refractivity contribution is -0.384. The van der Waals surface area contributed by atoms with Gasteiger partial charge in [0.25, 0.3) is 5.69 Å². The number of hydrogen-bond donors (Lipinski definition) is 1. The number of nitrogens with two attached hydrogens (primary N) is 1. The number of nitro benzene ring substituents is 1. The predicted octanol–water partition coefficient (Wildman–Crippen LogP) is 4.55. The summed E-state index contributed by atoms with van der Waals surface area (Å²) >= 11 is 5.93. The third-order valence-electron chi connectivity index (χ3n) is 2.63. The molecular formula is C13H11ClN4O2. The Morgan fingerprint density at radius 3 is 2.40 bits per heavy atom. The van der Waals surface area contributed by atoms with Gasteiger partial charge in [0, 0.05) is 17.8 Å². The highest BCUT2D eigenvalue weighted by atomic mass is 35.5. The molecule has 6 nitrogen and oxygen atoms in total. The molecule has 0 saturated carbocycles. The Hall–Kier alpha value is -2.47. The van der Waals surface area contributed by atoms with Crippen LogP contribution in [0.1, 0.15) is 5.56 Å². The number of nitrogen functional groups attached to an aromatic ring is 1. The number of rotatable bonds is 3. The van der Waals surface area contributed by atoms with E-state index in [1.54, 1.807) is 18.2 Å². The van der Waals surface area contributed by atoms with Crippen molar-refractivity contribution in [2.45, 2.75) is 6.92 Å². The van der Waals surface area contributed by atoms with Gasteiger partial charge in [-0.1, -0.05) is 11.6 Å². The van der Waals surface area contributed by atoms with E-state index in [9.17, 15) is 10.1 Å². The second-order valence-corrected chi connectivity index (χ2v) is 4.55. The van der Waals surface area contributed by atoms with Crippen molar-refractivity contribution in [1.82, 2.24) is 0 Å². The molecule has 2 aromatic rings. The van der Waals surface area contributed by atoms with E-state index in [1.807, 2.05) is 6.92 Å². The van der Waals surface area contributed by atoms with E-state index in [4.69, 9.17) is 17.3 Å². The molecule has 0 heterocycles. The third kappa shape index (κ3) is 3.10. The monoisotopic (exact) mass is 290 g/mol. The van der Waals surface area contributed by atoms with Crippen LogP contribution in [0, 0.1) is 17.0 Å². The number of benzene rings is 2. The maximum atomic E-state index is 10.6. The molecule has 0 aliphatic rings. The quantitative estimate of drug-likeness (QED) is 0.389. The summed E-state index contributed by atoms with van der Waals surface area (Å²) in [5.41, 5.74) is 8.12. The molecule has 0 amide bonds. The summed E-state index contributed by atoms with van der Waals surface area (Å²) in [6.07, 6.45) is 0. The summed E-state index contributed by atoms with van der Waals surface area (Å²) in [5.74, 6) is 0. The number of halogens is 1. The van der Waals surface area contributed by atoms with Crippen LogP contribution in [-0.4, -0.2) is 4.92 Å². The van der Waals surface area contributed by atoms with Crippen LogP contribution in [0.2, 0.25) is 5.02 Å². The third-order valence-corrected chi connectivity index (χ3v) is 2.93. The van der Waals surface area contributed by atoms with Gasteiger partial charge < -0.3 is 5.73 Å². The summed E-state index contributed by atoms with van der Waals surface area (Å²) < 4.78 is 0. The molecule has 0 atom stereocenters. The van der Waals surface area contributed by atoms with Gasteiger partial charge in [0.05, 0.1) is 15.6 Å². The summed E-state index contributed by atoms with van der Waals surface area (Å²) in [4.78, 5) is 10.1. The van der Waals surface area contributed by atoms with Crippen molar-refractivity contribution in [2.24, 2.45) is 10.2 Å². The molecule has 0 saturated heterocycles. The Labute approximate surface area is 120 Å². The van der Waals surface area contributed by atoms with Gasteiger partial charge in [-0.05, 0) is 36.8 Å². The minimum atomic E-state index is -0.517. The van der Waals surface area contributed by atoms with Crippen molar-refractivity contribution in [3.63, 3.8) is 0 Å². The van der Waals surface area contributed by atoms with Gasteiger partial charge >= 0.3 is 0 Å². The van der Waals surface area contributed by atoms with E-state index in [2.05, 4.69) is 10.2 Å². The van der Waals surface area contributed by atoms with Gasteiger partial charge in [0.15, 0.2) is 0 Å². The average molecular weight is 291 g/mol. The Bertz CT molecular complexity index is 701. The number of nitrogens with zero attached hydrogens (tertiary/aromatic N) is 3. The summed E-state index contributed by atoms with van der Waals surface area (Å²) in [6.45, 7) is 1.86. The molecule has 0 spiro atoms. The number of anilines is 1. The summed E-state index contributed by atoms with van der Waals surface area (Å²) in [5, 5.41) is 18.8. The fourth-order valence-corrected chi connectivity index (χ4v) is 1.80. The van der Waals surface area contributed by atoms with Crippen LogP contribution in [0.25, 0.3) is 0 Å². The number of aryl methyl sites for hydroxylation is 1. The normalized spacial score (nSPS) is 10.9. The lowest BCUT2D eigenvalue weighted by atomic mass is 10.2. The lowest BCUT2D eigenvalue weighted by Gasteiger charge is -2.01. The molecule has 0 aromatic heterocycles. The van der Waals surface area contributed by atoms with Crippen molar-refractivity contribution in [3.8, 4) is 0 Å². The molecule has 2 rings (SSSR count). The van der Waals surface area contributed by atoms with E-state index in [1.165, 1.54) is 18.2 Å². The van der Waals surface area contributed by atoms with Crippen LogP contribution < -0.4 is 5.73 Å². The molecular weight excluding hydrogens is 280 g/mol. The largest absolute Gasteiger partial charge is 0.399 e. The molecule has 0 aliphatic heterocycles. The summed E-state index contributed by atoms with van der Waals surface area (Å²) in [7, 11) is 0. The highest BCUT2D eigenvalue weighted by Crippen LogP contribution is 2.31. The standard InChI is InChI=1S/C13H11ClN4O2/c1-8-6-9(15)2-4-12(8)16-17-13-5-3-10(18(19)20)7-11(13)14/h2-7H,15H2,1H3/b17-16+. The molecule has 0 fully saturated rings. The van der Waals surface area contributed by atoms with Crippen molar-refractivity contribution in [2.75, 3.05) is 5.73 Å². The molecule has 7 heteroatoms. The zero-order chi connectivity index (χ0) is 14.7. The fraction of sp³-hybridized carbons (Fsp3) is 0.0769. The molecule has 2 aromatic carbocycles. The molecule has 2 N–H and O–H groups in total. The van der Waals surface area contributed by atoms with E-state index in [0.717, 1.165) is 5.56 Å². The SMILES string of the molecule is Cc1cc(N)ccc1/N=N/c1ccc([N+](=O)[O-])cc1Cl. The molecule has 102 valence electrons. The minimum Gasteiger partial charge on any atom is -0.399 e. The van der Waals surface area contributed by atoms with Crippen LogP contribution in [0.3, 0.4) is 0 Å². The molecule has 20 heavy (non-hydrogen) atoms. The maximum absolute atomic E-state index is 10.6. The Balaban J connectivity index is 2.29. The van der Waals surface area contributed by atoms with E-state index in [0.29, 0.717) is 17.1 Å². The highest BCUT2D eigenvalue weighted by Gasteiger charge is 2.09. The summed E-state index contributed by atoms with van der Waals surface area (Å²) in [6, 6.07) is 9.27. The smallest absolute Gasteiger partial charge is 0.271 e. The average Bonchev–Trinajstić information content (AvgIpc) is 2.38. The molecule has 0 aliphatic carbocycles. The molecule has 0 unspecified atom stereocenters. The first kappa shape index (κ1) is 14.0. The van der Waals surface area contributed by atoms with Gasteiger partial charge in [-0.3, -0.25) is 10.1 Å². The van der Waals surface area contributed by atoms with Crippen molar-refractivity contribution >= 4 is 34.4 Å². The van der Waals surface area contributed by atoms with E-state index < -0.39 is 4.92 Å². The van der Waals surface area contributed by atoms with Crippen LogP contribution in [-0.2, 0) is 0 Å². The molecule has 0 bridgehead atoms. The van der Waals surface area contributed by atoms with Crippen LogP contribution >= 0.6 is 11.6 Å². The lowest BCUT2D eigenvalue weighted by Crippen LogP contribution is -1.86. The van der Waals surface area contributed by atoms with Crippen molar-refractivity contribution < 1.29 is 4.92 Å². The van der Waals surface area contributed by atoms with Crippen LogP contribution in [0.15, 0.2) is 46.6 Å².